The van der Waals surface area contributed by atoms with Gasteiger partial charge >= 0.3 is 5.97 Å². The predicted octanol–water partition coefficient (Wildman–Crippen LogP) is 3.93. The summed E-state index contributed by atoms with van der Waals surface area (Å²) in [6.45, 7) is 1.25. The summed E-state index contributed by atoms with van der Waals surface area (Å²) in [6, 6.07) is 15.6. The van der Waals surface area contributed by atoms with Gasteiger partial charge in [-0.1, -0.05) is 36.4 Å². The van der Waals surface area contributed by atoms with Crippen LogP contribution in [0.1, 0.15) is 27.0 Å². The molecule has 3 aromatic rings. The van der Waals surface area contributed by atoms with Crippen molar-refractivity contribution in [3.63, 3.8) is 0 Å². The second-order valence-electron chi connectivity index (χ2n) is 6.50. The van der Waals surface area contributed by atoms with E-state index in [9.17, 15) is 22.7 Å². The number of anilines is 1. The van der Waals surface area contributed by atoms with Crippen LogP contribution in [0, 0.1) is 12.7 Å². The number of phenolic OH excluding ortho intramolecular Hbond substituents is 1. The van der Waals surface area contributed by atoms with E-state index in [0.29, 0.717) is 6.42 Å². The van der Waals surface area contributed by atoms with E-state index in [2.05, 4.69) is 4.72 Å². The Labute approximate surface area is 167 Å². The molecule has 0 radical (unpaired) electrons. The molecule has 3 N–H and O–H groups in total. The van der Waals surface area contributed by atoms with Crippen LogP contribution in [0.15, 0.2) is 65.6 Å². The van der Waals surface area contributed by atoms with Gasteiger partial charge in [0.15, 0.2) is 0 Å². The number of aromatic hydroxyl groups is 1. The maximum Gasteiger partial charge on any atom is 0.336 e. The van der Waals surface area contributed by atoms with Crippen LogP contribution >= 0.6 is 0 Å². The molecule has 6 nitrogen and oxygen atoms in total. The molecular weight excluding hydrogens is 397 g/mol. The van der Waals surface area contributed by atoms with Gasteiger partial charge in [0.25, 0.3) is 10.0 Å². The third kappa shape index (κ3) is 4.55. The largest absolute Gasteiger partial charge is 0.506 e. The second-order valence-corrected chi connectivity index (χ2v) is 8.18. The molecule has 0 amide bonds. The minimum absolute atomic E-state index is 0.0868. The summed E-state index contributed by atoms with van der Waals surface area (Å²) in [5, 5.41) is 19.2. The first-order valence-corrected chi connectivity index (χ1v) is 10.1. The smallest absolute Gasteiger partial charge is 0.336 e. The first kappa shape index (κ1) is 20.3. The number of sulfonamides is 1. The van der Waals surface area contributed by atoms with Crippen LogP contribution in [0.5, 0.6) is 5.75 Å². The first-order valence-electron chi connectivity index (χ1n) is 8.59. The van der Waals surface area contributed by atoms with Crippen molar-refractivity contribution < 1.29 is 27.8 Å². The normalized spacial score (nSPS) is 11.2. The fraction of sp³-hybridized carbons (Fsp3) is 0.0952. The average molecular weight is 415 g/mol. The Kier molecular flexibility index (Phi) is 5.56. The van der Waals surface area contributed by atoms with Gasteiger partial charge < -0.3 is 10.2 Å². The van der Waals surface area contributed by atoms with Crippen molar-refractivity contribution in [3.05, 3.63) is 88.7 Å². The molecule has 0 fully saturated rings. The van der Waals surface area contributed by atoms with E-state index in [1.807, 2.05) is 30.3 Å². The molecule has 3 aromatic carbocycles. The van der Waals surface area contributed by atoms with Gasteiger partial charge in [0.1, 0.15) is 11.6 Å². The molecule has 0 aliphatic carbocycles. The van der Waals surface area contributed by atoms with E-state index < -0.39 is 32.3 Å². The van der Waals surface area contributed by atoms with Crippen molar-refractivity contribution in [2.75, 3.05) is 4.72 Å². The minimum Gasteiger partial charge on any atom is -0.506 e. The number of carboxylic acid groups (broad SMARTS) is 1. The lowest BCUT2D eigenvalue weighted by atomic mass is 10.0. The molecular formula is C21H18FNO5S. The molecule has 0 spiro atoms. The van der Waals surface area contributed by atoms with Crippen LogP contribution in [0.2, 0.25) is 0 Å². The molecule has 0 aromatic heterocycles. The average Bonchev–Trinajstić information content (AvgIpc) is 2.66. The van der Waals surface area contributed by atoms with E-state index in [4.69, 9.17) is 5.11 Å². The molecule has 29 heavy (non-hydrogen) atoms. The first-order chi connectivity index (χ1) is 13.7. The maximum atomic E-state index is 14.0. The van der Waals surface area contributed by atoms with Crippen LogP contribution < -0.4 is 4.72 Å². The molecule has 0 saturated heterocycles. The summed E-state index contributed by atoms with van der Waals surface area (Å²) < 4.78 is 41.6. The van der Waals surface area contributed by atoms with Gasteiger partial charge in [-0.25, -0.2) is 17.6 Å². The Morgan fingerprint density at radius 2 is 1.72 bits per heavy atom. The van der Waals surface area contributed by atoms with Gasteiger partial charge in [-0.05, 0) is 54.3 Å². The molecule has 0 unspecified atom stereocenters. The van der Waals surface area contributed by atoms with Gasteiger partial charge in [0.05, 0.1) is 16.1 Å². The molecule has 150 valence electrons. The molecule has 3 rings (SSSR count). The lowest BCUT2D eigenvalue weighted by molar-refractivity contribution is 0.0695. The van der Waals surface area contributed by atoms with Crippen LogP contribution in [-0.2, 0) is 16.4 Å². The van der Waals surface area contributed by atoms with Crippen molar-refractivity contribution in [2.24, 2.45) is 0 Å². The minimum atomic E-state index is -4.33. The van der Waals surface area contributed by atoms with E-state index in [0.717, 1.165) is 23.3 Å². The van der Waals surface area contributed by atoms with Crippen LogP contribution in [0.4, 0.5) is 10.1 Å². The molecule has 0 aliphatic heterocycles. The second kappa shape index (κ2) is 7.92. The van der Waals surface area contributed by atoms with Crippen molar-refractivity contribution in [1.82, 2.24) is 0 Å². The Balaban J connectivity index is 1.95. The van der Waals surface area contributed by atoms with Gasteiger partial charge in [0, 0.05) is 0 Å². The fourth-order valence-electron chi connectivity index (χ4n) is 2.84. The third-order valence-corrected chi connectivity index (χ3v) is 5.76. The summed E-state index contributed by atoms with van der Waals surface area (Å²) >= 11 is 0. The summed E-state index contributed by atoms with van der Waals surface area (Å²) in [4.78, 5) is 10.7. The van der Waals surface area contributed by atoms with Crippen molar-refractivity contribution >= 4 is 21.7 Å². The van der Waals surface area contributed by atoms with Crippen LogP contribution in [0.3, 0.4) is 0 Å². The van der Waals surface area contributed by atoms with E-state index in [1.165, 1.54) is 19.1 Å². The van der Waals surface area contributed by atoms with E-state index in [1.54, 1.807) is 6.07 Å². The fourth-order valence-corrected chi connectivity index (χ4v) is 3.94. The highest BCUT2D eigenvalue weighted by Gasteiger charge is 2.22. The standard InChI is InChI=1S/C21H18FNO5S/c1-13-17(21(25)26)11-16(12-18(13)22)29(27,28)23-19-10-15(7-8-20(19)24)9-14-5-3-2-4-6-14/h2-8,10-12,23-24H,9H2,1H3,(H,25,26). The highest BCUT2D eigenvalue weighted by Crippen LogP contribution is 2.29. The lowest BCUT2D eigenvalue weighted by Gasteiger charge is -2.13. The van der Waals surface area contributed by atoms with E-state index >= 15 is 0 Å². The zero-order chi connectivity index (χ0) is 21.2. The lowest BCUT2D eigenvalue weighted by Crippen LogP contribution is -2.15. The third-order valence-electron chi connectivity index (χ3n) is 4.41. The molecule has 0 atom stereocenters. The summed E-state index contributed by atoms with van der Waals surface area (Å²) in [6.07, 6.45) is 0.512. The number of phenols is 1. The van der Waals surface area contributed by atoms with Gasteiger partial charge in [-0.2, -0.15) is 0 Å². The quantitative estimate of drug-likeness (QED) is 0.529. The molecule has 0 aliphatic rings. The molecule has 0 heterocycles. The maximum absolute atomic E-state index is 14.0. The van der Waals surface area contributed by atoms with Gasteiger partial charge in [0.2, 0.25) is 0 Å². The Hall–Kier alpha value is -3.39. The van der Waals surface area contributed by atoms with Gasteiger partial charge in [-0.3, -0.25) is 4.72 Å². The van der Waals surface area contributed by atoms with Crippen molar-refractivity contribution in [3.8, 4) is 5.75 Å². The summed E-state index contributed by atoms with van der Waals surface area (Å²) in [5.41, 5.74) is 1.04. The van der Waals surface area contributed by atoms with Gasteiger partial charge in [-0.15, -0.1) is 0 Å². The number of rotatable bonds is 6. The number of hydrogen-bond acceptors (Lipinski definition) is 4. The number of aromatic carboxylic acids is 1. The number of nitrogens with one attached hydrogen (secondary N) is 1. The highest BCUT2D eigenvalue weighted by molar-refractivity contribution is 7.92. The number of carboxylic acids is 1. The number of carbonyl (C=O) groups is 1. The van der Waals surface area contributed by atoms with Crippen molar-refractivity contribution in [2.45, 2.75) is 18.2 Å². The van der Waals surface area contributed by atoms with Crippen molar-refractivity contribution in [1.29, 1.82) is 0 Å². The molecule has 0 bridgehead atoms. The molecule has 8 heteroatoms. The summed E-state index contributed by atoms with van der Waals surface area (Å²) in [5.74, 6) is -2.70. The van der Waals surface area contributed by atoms with Crippen LogP contribution in [0.25, 0.3) is 0 Å². The highest BCUT2D eigenvalue weighted by atomic mass is 32.2. The Morgan fingerprint density at radius 1 is 1.03 bits per heavy atom. The predicted molar refractivity (Wildman–Crippen MR) is 106 cm³/mol. The monoisotopic (exact) mass is 415 g/mol. The Morgan fingerprint density at radius 3 is 2.38 bits per heavy atom. The number of halogens is 1. The zero-order valence-electron chi connectivity index (χ0n) is 15.4. The zero-order valence-corrected chi connectivity index (χ0v) is 16.2. The van der Waals surface area contributed by atoms with Crippen LogP contribution in [-0.4, -0.2) is 24.6 Å². The number of hydrogen-bond donors (Lipinski definition) is 3. The Bertz CT molecular complexity index is 1180. The topological polar surface area (TPSA) is 104 Å². The van der Waals surface area contributed by atoms with E-state index in [-0.39, 0.29) is 17.0 Å². The summed E-state index contributed by atoms with van der Waals surface area (Å²) in [7, 11) is -4.33. The SMILES string of the molecule is Cc1c(F)cc(S(=O)(=O)Nc2cc(Cc3ccccc3)ccc2O)cc1C(=O)O. The number of benzene rings is 3. The molecule has 0 saturated carbocycles.